The van der Waals surface area contributed by atoms with Crippen molar-refractivity contribution in [1.82, 2.24) is 0 Å². The summed E-state index contributed by atoms with van der Waals surface area (Å²) in [6.07, 6.45) is 1.88. The van der Waals surface area contributed by atoms with Gasteiger partial charge in [0.25, 0.3) is 0 Å². The largest absolute Gasteiger partial charge is 0.493 e. The predicted octanol–water partition coefficient (Wildman–Crippen LogP) is 8.13. The molecule has 3 rings (SSSR count). The number of esters is 1. The minimum Gasteiger partial charge on any atom is -0.493 e. The van der Waals surface area contributed by atoms with Gasteiger partial charge in [-0.15, -0.1) is 11.3 Å². The monoisotopic (exact) mass is 468 g/mol. The quantitative estimate of drug-likeness (QED) is 0.181. The van der Waals surface area contributed by atoms with Crippen LogP contribution in [0.3, 0.4) is 0 Å². The van der Waals surface area contributed by atoms with E-state index in [9.17, 15) is 9.18 Å². The summed E-state index contributed by atoms with van der Waals surface area (Å²) in [5.74, 6) is 1.11. The van der Waals surface area contributed by atoms with Crippen molar-refractivity contribution in [2.24, 2.45) is 0 Å². The molecular formula is C28H33FO3S. The number of carbonyl (C=O) groups excluding carboxylic acids is 1. The van der Waals surface area contributed by atoms with E-state index in [0.29, 0.717) is 18.9 Å². The minimum absolute atomic E-state index is 0.272. The van der Waals surface area contributed by atoms with Gasteiger partial charge in [-0.3, -0.25) is 4.39 Å². The number of ether oxygens (including phenoxy) is 2. The summed E-state index contributed by atoms with van der Waals surface area (Å²) in [4.78, 5) is 11.7. The van der Waals surface area contributed by atoms with Gasteiger partial charge in [-0.1, -0.05) is 39.8 Å². The highest BCUT2D eigenvalue weighted by Crippen LogP contribution is 2.44. The molecule has 0 radical (unpaired) electrons. The number of halogens is 1. The molecule has 0 aliphatic rings. The maximum Gasteiger partial charge on any atom is 0.330 e. The van der Waals surface area contributed by atoms with E-state index in [4.69, 9.17) is 9.47 Å². The standard InChI is InChI=1S/C28H33FO3S/c1-17(2)21-14-22(18(3)4)28(32-11-7-10-29)24(15-21)25-16-33-26-9-8-20(13-23(25)26)19(5)12-27(30)31-6/h8-9,12-18H,7,10-11H2,1-6H3. The Morgan fingerprint density at radius 1 is 1.09 bits per heavy atom. The van der Waals surface area contributed by atoms with Crippen molar-refractivity contribution >= 4 is 33.0 Å². The summed E-state index contributed by atoms with van der Waals surface area (Å²) in [5, 5.41) is 3.28. The van der Waals surface area contributed by atoms with E-state index in [1.54, 1.807) is 11.3 Å². The minimum atomic E-state index is -0.396. The zero-order valence-corrected chi connectivity index (χ0v) is 21.1. The van der Waals surface area contributed by atoms with E-state index in [0.717, 1.165) is 43.7 Å². The summed E-state index contributed by atoms with van der Waals surface area (Å²) in [5.41, 5.74) is 6.36. The molecule has 0 amide bonds. The molecule has 0 unspecified atom stereocenters. The van der Waals surface area contributed by atoms with Gasteiger partial charge in [-0.25, -0.2) is 4.79 Å². The molecular weight excluding hydrogens is 435 g/mol. The maximum atomic E-state index is 12.8. The number of fused-ring (bicyclic) bond motifs is 1. The normalized spacial score (nSPS) is 12.1. The van der Waals surface area contributed by atoms with Crippen molar-refractivity contribution in [1.29, 1.82) is 0 Å². The predicted molar refractivity (Wildman–Crippen MR) is 137 cm³/mol. The molecule has 3 aromatic rings. The second-order valence-electron chi connectivity index (χ2n) is 8.90. The van der Waals surface area contributed by atoms with Crippen molar-refractivity contribution < 1.29 is 18.7 Å². The molecule has 2 aromatic carbocycles. The number of carbonyl (C=O) groups is 1. The average Bonchev–Trinajstić information content (AvgIpc) is 3.21. The van der Waals surface area contributed by atoms with E-state index >= 15 is 0 Å². The number of rotatable bonds is 9. The Hall–Kier alpha value is -2.66. The van der Waals surface area contributed by atoms with Crippen LogP contribution in [0.15, 0.2) is 41.8 Å². The van der Waals surface area contributed by atoms with Crippen molar-refractivity contribution in [3.63, 3.8) is 0 Å². The summed E-state index contributed by atoms with van der Waals surface area (Å²) in [7, 11) is 1.38. The third-order valence-electron chi connectivity index (χ3n) is 5.81. The fraction of sp³-hybridized carbons (Fsp3) is 0.393. The van der Waals surface area contributed by atoms with Gasteiger partial charge in [0.05, 0.1) is 20.4 Å². The van der Waals surface area contributed by atoms with Gasteiger partial charge < -0.3 is 9.47 Å². The fourth-order valence-electron chi connectivity index (χ4n) is 3.83. The molecule has 33 heavy (non-hydrogen) atoms. The van der Waals surface area contributed by atoms with Gasteiger partial charge in [-0.2, -0.15) is 0 Å². The van der Waals surface area contributed by atoms with Crippen LogP contribution >= 0.6 is 11.3 Å². The van der Waals surface area contributed by atoms with Gasteiger partial charge in [0, 0.05) is 33.7 Å². The zero-order chi connectivity index (χ0) is 24.1. The SMILES string of the molecule is COC(=O)C=C(C)c1ccc2scc(-c3cc(C(C)C)cc(C(C)C)c3OCCCF)c2c1. The molecule has 3 nitrogen and oxygen atoms in total. The first-order valence-corrected chi connectivity index (χ1v) is 12.3. The molecule has 1 aromatic heterocycles. The van der Waals surface area contributed by atoms with Gasteiger partial charge in [0.1, 0.15) is 5.75 Å². The molecule has 0 aliphatic carbocycles. The van der Waals surface area contributed by atoms with Gasteiger partial charge >= 0.3 is 5.97 Å². The second-order valence-corrected chi connectivity index (χ2v) is 9.81. The number of alkyl halides is 1. The molecule has 0 saturated carbocycles. The Morgan fingerprint density at radius 2 is 1.85 bits per heavy atom. The van der Waals surface area contributed by atoms with Crippen molar-refractivity contribution in [2.45, 2.75) is 52.9 Å². The van der Waals surface area contributed by atoms with Crippen LogP contribution in [0.25, 0.3) is 26.8 Å². The van der Waals surface area contributed by atoms with Gasteiger partial charge in [0.2, 0.25) is 0 Å². The van der Waals surface area contributed by atoms with Crippen LogP contribution in [0.2, 0.25) is 0 Å². The third kappa shape index (κ3) is 5.64. The molecule has 0 fully saturated rings. The first-order valence-electron chi connectivity index (χ1n) is 11.4. The third-order valence-corrected chi connectivity index (χ3v) is 6.77. The van der Waals surface area contributed by atoms with E-state index in [2.05, 4.69) is 57.3 Å². The lowest BCUT2D eigenvalue weighted by atomic mass is 9.89. The average molecular weight is 469 g/mol. The highest BCUT2D eigenvalue weighted by molar-refractivity contribution is 7.17. The van der Waals surface area contributed by atoms with Crippen LogP contribution in [0.4, 0.5) is 4.39 Å². The highest BCUT2D eigenvalue weighted by Gasteiger charge is 2.20. The van der Waals surface area contributed by atoms with E-state index < -0.39 is 6.67 Å². The van der Waals surface area contributed by atoms with Gasteiger partial charge in [0.15, 0.2) is 0 Å². The zero-order valence-electron chi connectivity index (χ0n) is 20.3. The number of thiophene rings is 1. The lowest BCUT2D eigenvalue weighted by Crippen LogP contribution is -2.05. The van der Waals surface area contributed by atoms with Crippen molar-refractivity contribution in [2.75, 3.05) is 20.4 Å². The Morgan fingerprint density at radius 3 is 2.48 bits per heavy atom. The number of allylic oxidation sites excluding steroid dienone is 1. The molecule has 0 saturated heterocycles. The Bertz CT molecular complexity index is 1160. The lowest BCUT2D eigenvalue weighted by Gasteiger charge is -2.21. The molecule has 0 spiro atoms. The number of benzene rings is 2. The first-order chi connectivity index (χ1) is 15.8. The lowest BCUT2D eigenvalue weighted by molar-refractivity contribution is -0.134. The van der Waals surface area contributed by atoms with Crippen molar-refractivity contribution in [3.05, 3.63) is 58.5 Å². The van der Waals surface area contributed by atoms with Crippen molar-refractivity contribution in [3.8, 4) is 16.9 Å². The van der Waals surface area contributed by atoms with E-state index in [1.165, 1.54) is 18.7 Å². The summed E-state index contributed by atoms with van der Waals surface area (Å²) >= 11 is 1.69. The topological polar surface area (TPSA) is 35.5 Å². The Labute approximate surface area is 200 Å². The highest BCUT2D eigenvalue weighted by atomic mass is 32.1. The number of methoxy groups -OCH3 is 1. The van der Waals surface area contributed by atoms with Crippen LogP contribution in [-0.2, 0) is 9.53 Å². The second kappa shape index (κ2) is 11.0. The summed E-state index contributed by atoms with van der Waals surface area (Å²) < 4.78 is 25.0. The number of hydrogen-bond acceptors (Lipinski definition) is 4. The molecule has 0 aliphatic heterocycles. The molecule has 0 atom stereocenters. The molecule has 5 heteroatoms. The smallest absolute Gasteiger partial charge is 0.330 e. The maximum absolute atomic E-state index is 12.8. The van der Waals surface area contributed by atoms with Crippen LogP contribution in [0.5, 0.6) is 5.75 Å². The van der Waals surface area contributed by atoms with E-state index in [1.807, 2.05) is 13.0 Å². The summed E-state index contributed by atoms with van der Waals surface area (Å²) in [6.45, 7) is 10.6. The Kier molecular flexibility index (Phi) is 8.30. The Balaban J connectivity index is 2.23. The molecule has 0 bridgehead atoms. The van der Waals surface area contributed by atoms with Crippen LogP contribution in [0.1, 0.15) is 69.6 Å². The molecule has 176 valence electrons. The van der Waals surface area contributed by atoms with Crippen LogP contribution in [0, 0.1) is 0 Å². The van der Waals surface area contributed by atoms with Crippen LogP contribution in [-0.4, -0.2) is 26.4 Å². The number of hydrogen-bond donors (Lipinski definition) is 0. The molecule has 0 N–H and O–H groups in total. The van der Waals surface area contributed by atoms with E-state index in [-0.39, 0.29) is 11.9 Å². The molecule has 1 heterocycles. The summed E-state index contributed by atoms with van der Waals surface area (Å²) in [6, 6.07) is 10.7. The van der Waals surface area contributed by atoms with Gasteiger partial charge in [-0.05, 0) is 64.6 Å². The van der Waals surface area contributed by atoms with Crippen LogP contribution < -0.4 is 4.74 Å². The fourth-order valence-corrected chi connectivity index (χ4v) is 4.77. The first kappa shape index (κ1) is 25.0.